The lowest BCUT2D eigenvalue weighted by atomic mass is 9.67. The molecule has 0 aromatic rings. The van der Waals surface area contributed by atoms with Crippen molar-refractivity contribution in [3.8, 4) is 0 Å². The van der Waals surface area contributed by atoms with Crippen LogP contribution in [0.25, 0.3) is 0 Å². The van der Waals surface area contributed by atoms with Crippen LogP contribution in [-0.4, -0.2) is 40.5 Å². The van der Waals surface area contributed by atoms with Crippen molar-refractivity contribution in [3.05, 3.63) is 35.1 Å². The Kier molecular flexibility index (Phi) is 3.42. The molecule has 0 aromatic carbocycles. The molecule has 4 aliphatic heterocycles. The van der Waals surface area contributed by atoms with Crippen LogP contribution < -0.4 is 0 Å². The van der Waals surface area contributed by atoms with Gasteiger partial charge in [0, 0.05) is 18.4 Å². The topological polar surface area (TPSA) is 82.1 Å². The number of esters is 1. The van der Waals surface area contributed by atoms with Gasteiger partial charge in [0.25, 0.3) is 0 Å². The number of carbonyl (C=O) groups excluding carboxylic acids is 2. The van der Waals surface area contributed by atoms with Gasteiger partial charge in [-0.05, 0) is 51.8 Å². The molecule has 26 heavy (non-hydrogen) atoms. The summed E-state index contributed by atoms with van der Waals surface area (Å²) in [4.78, 5) is 25.4. The van der Waals surface area contributed by atoms with Crippen LogP contribution in [0.5, 0.6) is 0 Å². The fraction of sp³-hybridized carbons (Fsp3) is 0.600. The Bertz CT molecular complexity index is 807. The monoisotopic (exact) mass is 360 g/mol. The summed E-state index contributed by atoms with van der Waals surface area (Å²) in [7, 11) is 0. The number of allylic oxidation sites excluding steroid dienone is 2. The zero-order valence-electron chi connectivity index (χ0n) is 15.7. The molecule has 4 rings (SSSR count). The molecule has 0 spiro atoms. The van der Waals surface area contributed by atoms with E-state index in [0.717, 1.165) is 5.57 Å². The van der Waals surface area contributed by atoms with Gasteiger partial charge in [-0.25, -0.2) is 0 Å². The van der Waals surface area contributed by atoms with Crippen LogP contribution in [0.2, 0.25) is 0 Å². The number of carbonyl (C=O) groups is 2. The quantitative estimate of drug-likeness (QED) is 0.570. The number of hydrogen-bond donors (Lipinski definition) is 1. The van der Waals surface area contributed by atoms with Crippen LogP contribution in [-0.2, 0) is 23.8 Å². The Balaban J connectivity index is 1.90. The van der Waals surface area contributed by atoms with Gasteiger partial charge in [-0.15, -0.1) is 0 Å². The minimum atomic E-state index is -1.78. The first kappa shape index (κ1) is 17.5. The number of rotatable bonds is 1. The van der Waals surface area contributed by atoms with Gasteiger partial charge in [0.05, 0.1) is 6.10 Å². The summed E-state index contributed by atoms with van der Waals surface area (Å²) in [5.74, 6) is -2.31. The minimum absolute atomic E-state index is 0.132. The molecule has 4 heterocycles. The highest BCUT2D eigenvalue weighted by atomic mass is 16.7. The Morgan fingerprint density at radius 1 is 1.35 bits per heavy atom. The van der Waals surface area contributed by atoms with Crippen molar-refractivity contribution in [2.24, 2.45) is 11.3 Å². The predicted molar refractivity (Wildman–Crippen MR) is 91.7 cm³/mol. The molecule has 6 nitrogen and oxygen atoms in total. The molecular formula is C20H24O6. The predicted octanol–water partition coefficient (Wildman–Crippen LogP) is 2.18. The van der Waals surface area contributed by atoms with E-state index >= 15 is 0 Å². The first-order valence-corrected chi connectivity index (χ1v) is 8.95. The summed E-state index contributed by atoms with van der Waals surface area (Å²) in [6.45, 7) is 8.76. The summed E-state index contributed by atoms with van der Waals surface area (Å²) in [5.41, 5.74) is -1.05. The van der Waals surface area contributed by atoms with E-state index < -0.39 is 40.9 Å². The van der Waals surface area contributed by atoms with Crippen LogP contribution in [0.15, 0.2) is 35.1 Å². The normalized spacial score (nSPS) is 49.3. The summed E-state index contributed by atoms with van der Waals surface area (Å²) < 4.78 is 17.7. The van der Waals surface area contributed by atoms with Gasteiger partial charge in [-0.3, -0.25) is 9.59 Å². The Labute approximate surface area is 152 Å². The Morgan fingerprint density at radius 3 is 2.69 bits per heavy atom. The van der Waals surface area contributed by atoms with Gasteiger partial charge in [-0.1, -0.05) is 6.08 Å². The second-order valence-electron chi connectivity index (χ2n) is 8.13. The molecule has 1 N–H and O–H groups in total. The van der Waals surface area contributed by atoms with Crippen molar-refractivity contribution in [3.63, 3.8) is 0 Å². The number of fused-ring (bicyclic) bond motifs is 2. The summed E-state index contributed by atoms with van der Waals surface area (Å²) >= 11 is 0. The molecule has 4 aliphatic rings. The Hall–Kier alpha value is -1.92. The fourth-order valence-corrected chi connectivity index (χ4v) is 4.79. The van der Waals surface area contributed by atoms with E-state index in [1.54, 1.807) is 39.8 Å². The molecular weight excluding hydrogens is 336 g/mol. The summed E-state index contributed by atoms with van der Waals surface area (Å²) in [6, 6.07) is 0. The third-order valence-electron chi connectivity index (χ3n) is 6.59. The van der Waals surface area contributed by atoms with E-state index in [-0.39, 0.29) is 12.2 Å². The highest BCUT2D eigenvalue weighted by Gasteiger charge is 2.74. The molecule has 0 aromatic heterocycles. The van der Waals surface area contributed by atoms with Crippen molar-refractivity contribution in [1.82, 2.24) is 0 Å². The van der Waals surface area contributed by atoms with Gasteiger partial charge in [0.15, 0.2) is 5.60 Å². The van der Waals surface area contributed by atoms with Crippen LogP contribution >= 0.6 is 0 Å². The molecule has 6 heteroatoms. The average Bonchev–Trinajstić information content (AvgIpc) is 3.09. The van der Waals surface area contributed by atoms with Crippen molar-refractivity contribution in [1.29, 1.82) is 0 Å². The first-order chi connectivity index (χ1) is 12.1. The SMILES string of the molecule is C/C=C(/C)[C@@]1(O)O[C@H]2C[C@@]3(C)OC(=CC3=O)/C(C)=C\[C@H]3OC(=O)[C@@]1(C)[C@H]23. The van der Waals surface area contributed by atoms with E-state index in [0.29, 0.717) is 11.3 Å². The van der Waals surface area contributed by atoms with Crippen LogP contribution in [0.1, 0.15) is 41.0 Å². The zero-order chi connectivity index (χ0) is 19.1. The van der Waals surface area contributed by atoms with E-state index in [4.69, 9.17) is 14.2 Å². The smallest absolute Gasteiger partial charge is 0.318 e. The highest BCUT2D eigenvalue weighted by molar-refractivity contribution is 6.00. The lowest BCUT2D eigenvalue weighted by Gasteiger charge is -2.35. The fourth-order valence-electron chi connectivity index (χ4n) is 4.79. The number of ketones is 1. The number of hydrogen-bond acceptors (Lipinski definition) is 6. The van der Waals surface area contributed by atoms with Crippen LogP contribution in [0.3, 0.4) is 0 Å². The average molecular weight is 360 g/mol. The number of aliphatic hydroxyl groups is 1. The maximum Gasteiger partial charge on any atom is 0.318 e. The first-order valence-electron chi connectivity index (χ1n) is 8.95. The highest BCUT2D eigenvalue weighted by Crippen LogP contribution is 2.60. The van der Waals surface area contributed by atoms with E-state index in [1.807, 2.05) is 6.92 Å². The van der Waals surface area contributed by atoms with Gasteiger partial charge in [0.2, 0.25) is 11.6 Å². The molecule has 0 aliphatic carbocycles. The second-order valence-corrected chi connectivity index (χ2v) is 8.13. The number of ether oxygens (including phenoxy) is 3. The van der Waals surface area contributed by atoms with Gasteiger partial charge >= 0.3 is 5.97 Å². The van der Waals surface area contributed by atoms with Crippen molar-refractivity contribution >= 4 is 11.8 Å². The standard InChI is InChI=1S/C20H24O6/c1-6-11(3)20(23)19(5)16-13(24-17(19)22)7-10(2)12-8-15(21)18(4,25-12)9-14(16)26-20/h6-8,13-14,16,23H,9H2,1-5H3/b10-7-,11-6-/t13-,14+,16+,18-,19-,20-/m1/s1. The van der Waals surface area contributed by atoms with Gasteiger partial charge in [0.1, 0.15) is 17.3 Å². The largest absolute Gasteiger partial charge is 0.479 e. The lowest BCUT2D eigenvalue weighted by Crippen LogP contribution is -2.49. The summed E-state index contributed by atoms with van der Waals surface area (Å²) in [5, 5.41) is 11.4. The molecule has 0 amide bonds. The molecule has 2 saturated heterocycles. The molecule has 2 bridgehead atoms. The maximum atomic E-state index is 12.9. The maximum absolute atomic E-state index is 12.9. The third kappa shape index (κ3) is 1.89. The molecule has 6 atom stereocenters. The van der Waals surface area contributed by atoms with E-state index in [2.05, 4.69) is 0 Å². The third-order valence-corrected chi connectivity index (χ3v) is 6.59. The molecule has 140 valence electrons. The van der Waals surface area contributed by atoms with Gasteiger partial charge in [-0.2, -0.15) is 0 Å². The molecule has 0 saturated carbocycles. The zero-order valence-corrected chi connectivity index (χ0v) is 15.7. The van der Waals surface area contributed by atoms with Crippen LogP contribution in [0, 0.1) is 11.3 Å². The van der Waals surface area contributed by atoms with Crippen molar-refractivity contribution in [2.45, 2.75) is 64.6 Å². The Morgan fingerprint density at radius 2 is 2.04 bits per heavy atom. The molecule has 0 radical (unpaired) electrons. The van der Waals surface area contributed by atoms with Crippen LogP contribution in [0.4, 0.5) is 0 Å². The minimum Gasteiger partial charge on any atom is -0.479 e. The van der Waals surface area contributed by atoms with E-state index in [1.165, 1.54) is 6.08 Å². The van der Waals surface area contributed by atoms with E-state index in [9.17, 15) is 14.7 Å². The summed E-state index contributed by atoms with van der Waals surface area (Å²) in [6.07, 6.45) is 4.15. The van der Waals surface area contributed by atoms with Gasteiger partial charge < -0.3 is 19.3 Å². The van der Waals surface area contributed by atoms with Crippen molar-refractivity contribution in [2.75, 3.05) is 0 Å². The molecule has 2 fully saturated rings. The second kappa shape index (κ2) is 5.08. The lowest BCUT2D eigenvalue weighted by molar-refractivity contribution is -0.220. The molecule has 0 unspecified atom stereocenters. The van der Waals surface area contributed by atoms with Crippen molar-refractivity contribution < 1.29 is 28.9 Å².